The number of likely N-dealkylation sites (N-methyl/N-ethyl adjacent to an activating group) is 1. The van der Waals surface area contributed by atoms with Gasteiger partial charge in [-0.2, -0.15) is 0 Å². The Bertz CT molecular complexity index is 515. The number of hydrogen-bond donors (Lipinski definition) is 1. The highest BCUT2D eigenvalue weighted by molar-refractivity contribution is 5.76. The van der Waals surface area contributed by atoms with Crippen LogP contribution >= 0.6 is 0 Å². The van der Waals surface area contributed by atoms with E-state index in [1.807, 2.05) is 14.0 Å². The van der Waals surface area contributed by atoms with Crippen LogP contribution < -0.4 is 5.73 Å². The molecule has 1 aromatic carbocycles. The summed E-state index contributed by atoms with van der Waals surface area (Å²) in [5, 5.41) is 0. The summed E-state index contributed by atoms with van der Waals surface area (Å²) in [4.78, 5) is 6.77. The summed E-state index contributed by atoms with van der Waals surface area (Å²) >= 11 is 0. The molecule has 0 fully saturated rings. The van der Waals surface area contributed by atoms with E-state index in [-0.39, 0.29) is 0 Å². The van der Waals surface area contributed by atoms with Gasteiger partial charge in [0.15, 0.2) is 0 Å². The van der Waals surface area contributed by atoms with Gasteiger partial charge >= 0.3 is 0 Å². The highest BCUT2D eigenvalue weighted by Gasteiger charge is 2.06. The number of rotatable bonds is 4. The number of aryl methyl sites for hydroxylation is 2. The van der Waals surface area contributed by atoms with Crippen molar-refractivity contribution in [1.82, 2.24) is 14.5 Å². The van der Waals surface area contributed by atoms with Crippen LogP contribution in [-0.4, -0.2) is 34.6 Å². The van der Waals surface area contributed by atoms with Crippen molar-refractivity contribution in [2.24, 2.45) is 12.8 Å². The van der Waals surface area contributed by atoms with Crippen LogP contribution in [0.5, 0.6) is 0 Å². The van der Waals surface area contributed by atoms with E-state index < -0.39 is 0 Å². The molecule has 4 nitrogen and oxygen atoms in total. The van der Waals surface area contributed by atoms with Crippen LogP contribution in [0.15, 0.2) is 18.2 Å². The van der Waals surface area contributed by atoms with Gasteiger partial charge in [-0.1, -0.05) is 6.07 Å². The Hall–Kier alpha value is -1.39. The van der Waals surface area contributed by atoms with Crippen molar-refractivity contribution < 1.29 is 0 Å². The number of aromatic nitrogens is 2. The van der Waals surface area contributed by atoms with Crippen molar-refractivity contribution in [2.75, 3.05) is 20.1 Å². The fourth-order valence-electron chi connectivity index (χ4n) is 2.08. The van der Waals surface area contributed by atoms with E-state index >= 15 is 0 Å². The average Bonchev–Trinajstić information content (AvgIpc) is 2.55. The lowest BCUT2D eigenvalue weighted by molar-refractivity contribution is 0.336. The molecule has 0 atom stereocenters. The van der Waals surface area contributed by atoms with Crippen LogP contribution in [0.1, 0.15) is 11.4 Å². The van der Waals surface area contributed by atoms with E-state index in [2.05, 4.69) is 39.7 Å². The van der Waals surface area contributed by atoms with E-state index in [0.29, 0.717) is 6.54 Å². The quantitative estimate of drug-likeness (QED) is 0.863. The summed E-state index contributed by atoms with van der Waals surface area (Å²) in [7, 11) is 4.13. The zero-order chi connectivity index (χ0) is 12.4. The Labute approximate surface area is 102 Å². The molecule has 0 bridgehead atoms. The Kier molecular flexibility index (Phi) is 3.45. The number of nitrogens with zero attached hydrogens (tertiary/aromatic N) is 3. The summed E-state index contributed by atoms with van der Waals surface area (Å²) in [5.74, 6) is 1.05. The van der Waals surface area contributed by atoms with Crippen LogP contribution in [0.2, 0.25) is 0 Å². The smallest absolute Gasteiger partial charge is 0.106 e. The van der Waals surface area contributed by atoms with Gasteiger partial charge in [0.2, 0.25) is 0 Å². The van der Waals surface area contributed by atoms with Crippen LogP contribution in [0.3, 0.4) is 0 Å². The molecule has 0 unspecified atom stereocenters. The third-order valence-electron chi connectivity index (χ3n) is 3.13. The zero-order valence-corrected chi connectivity index (χ0v) is 10.8. The first-order chi connectivity index (χ1) is 8.11. The number of benzene rings is 1. The van der Waals surface area contributed by atoms with E-state index in [9.17, 15) is 0 Å². The Morgan fingerprint density at radius 1 is 1.41 bits per heavy atom. The molecule has 17 heavy (non-hydrogen) atoms. The first-order valence-electron chi connectivity index (χ1n) is 5.92. The summed E-state index contributed by atoms with van der Waals surface area (Å²) in [6.07, 6.45) is 0. The molecule has 2 rings (SSSR count). The number of fused-ring (bicyclic) bond motifs is 1. The Morgan fingerprint density at radius 3 is 2.88 bits per heavy atom. The van der Waals surface area contributed by atoms with Gasteiger partial charge in [0, 0.05) is 26.7 Å². The molecule has 0 aliphatic heterocycles. The predicted octanol–water partition coefficient (Wildman–Crippen LogP) is 1.27. The van der Waals surface area contributed by atoms with Crippen LogP contribution in [0.25, 0.3) is 11.0 Å². The minimum atomic E-state index is 0.696. The normalized spacial score (nSPS) is 11.6. The maximum Gasteiger partial charge on any atom is 0.106 e. The SMILES string of the molecule is Cc1nc2cc(CN(C)CCN)ccc2n1C. The Balaban J connectivity index is 2.26. The fraction of sp³-hybridized carbons (Fsp3) is 0.462. The van der Waals surface area contributed by atoms with E-state index in [1.165, 1.54) is 11.1 Å². The third kappa shape index (κ3) is 2.48. The van der Waals surface area contributed by atoms with Crippen molar-refractivity contribution in [1.29, 1.82) is 0 Å². The lowest BCUT2D eigenvalue weighted by Crippen LogP contribution is -2.24. The summed E-state index contributed by atoms with van der Waals surface area (Å²) < 4.78 is 2.11. The van der Waals surface area contributed by atoms with Crippen molar-refractivity contribution in [3.63, 3.8) is 0 Å². The maximum absolute atomic E-state index is 5.54. The van der Waals surface area contributed by atoms with Crippen LogP contribution in [-0.2, 0) is 13.6 Å². The van der Waals surface area contributed by atoms with Gasteiger partial charge in [-0.05, 0) is 31.7 Å². The second kappa shape index (κ2) is 4.85. The molecule has 1 heterocycles. The lowest BCUT2D eigenvalue weighted by atomic mass is 10.2. The van der Waals surface area contributed by atoms with Crippen molar-refractivity contribution in [2.45, 2.75) is 13.5 Å². The van der Waals surface area contributed by atoms with Crippen LogP contribution in [0.4, 0.5) is 0 Å². The average molecular weight is 232 g/mol. The first kappa shape index (κ1) is 12.1. The highest BCUT2D eigenvalue weighted by atomic mass is 15.1. The van der Waals surface area contributed by atoms with Gasteiger partial charge in [-0.25, -0.2) is 4.98 Å². The lowest BCUT2D eigenvalue weighted by Gasteiger charge is -2.15. The monoisotopic (exact) mass is 232 g/mol. The summed E-state index contributed by atoms with van der Waals surface area (Å²) in [5.41, 5.74) is 9.08. The molecule has 4 heteroatoms. The van der Waals surface area contributed by atoms with Crippen molar-refractivity contribution in [3.8, 4) is 0 Å². The second-order valence-corrected chi connectivity index (χ2v) is 4.57. The van der Waals surface area contributed by atoms with Gasteiger partial charge in [0.1, 0.15) is 5.82 Å². The van der Waals surface area contributed by atoms with Gasteiger partial charge in [-0.15, -0.1) is 0 Å². The molecule has 0 saturated heterocycles. The van der Waals surface area contributed by atoms with Gasteiger partial charge < -0.3 is 15.2 Å². The molecule has 0 spiro atoms. The largest absolute Gasteiger partial charge is 0.331 e. The molecule has 0 radical (unpaired) electrons. The van der Waals surface area contributed by atoms with Gasteiger partial charge in [0.25, 0.3) is 0 Å². The van der Waals surface area contributed by atoms with Gasteiger partial charge in [0.05, 0.1) is 11.0 Å². The van der Waals surface area contributed by atoms with E-state index in [0.717, 1.165) is 24.4 Å². The minimum Gasteiger partial charge on any atom is -0.331 e. The van der Waals surface area contributed by atoms with Crippen LogP contribution in [0, 0.1) is 6.92 Å². The first-order valence-corrected chi connectivity index (χ1v) is 5.92. The molecule has 0 aliphatic carbocycles. The van der Waals surface area contributed by atoms with Crippen molar-refractivity contribution in [3.05, 3.63) is 29.6 Å². The van der Waals surface area contributed by atoms with Crippen molar-refractivity contribution >= 4 is 11.0 Å². The molecular weight excluding hydrogens is 212 g/mol. The third-order valence-corrected chi connectivity index (χ3v) is 3.13. The second-order valence-electron chi connectivity index (χ2n) is 4.57. The minimum absolute atomic E-state index is 0.696. The fourth-order valence-corrected chi connectivity index (χ4v) is 2.08. The molecule has 1 aromatic heterocycles. The molecule has 0 saturated carbocycles. The maximum atomic E-state index is 5.54. The topological polar surface area (TPSA) is 47.1 Å². The number of hydrogen-bond acceptors (Lipinski definition) is 3. The molecule has 2 aromatic rings. The summed E-state index contributed by atoms with van der Waals surface area (Å²) in [6.45, 7) is 4.56. The molecule has 2 N–H and O–H groups in total. The molecule has 92 valence electrons. The molecule has 0 aliphatic rings. The number of imidazole rings is 1. The highest BCUT2D eigenvalue weighted by Crippen LogP contribution is 2.17. The Morgan fingerprint density at radius 2 is 2.18 bits per heavy atom. The van der Waals surface area contributed by atoms with Gasteiger partial charge in [-0.3, -0.25) is 0 Å². The standard InChI is InChI=1S/C13H20N4/c1-10-15-12-8-11(9-16(2)7-6-14)4-5-13(12)17(10)3/h4-5,8H,6-7,9,14H2,1-3H3. The summed E-state index contributed by atoms with van der Waals surface area (Å²) in [6, 6.07) is 6.47. The predicted molar refractivity (Wildman–Crippen MR) is 70.8 cm³/mol. The van der Waals surface area contributed by atoms with E-state index in [4.69, 9.17) is 5.73 Å². The molecule has 0 amide bonds. The molecular formula is C13H20N4. The zero-order valence-electron chi connectivity index (χ0n) is 10.8. The number of nitrogens with two attached hydrogens (primary N) is 1. The van der Waals surface area contributed by atoms with E-state index in [1.54, 1.807) is 0 Å².